The quantitative estimate of drug-likeness (QED) is 0.691. The molecular formula is C12H23FN2O3. The van der Waals surface area contributed by atoms with E-state index in [1.807, 2.05) is 6.92 Å². The summed E-state index contributed by atoms with van der Waals surface area (Å²) in [7, 11) is 3.11. The van der Waals surface area contributed by atoms with Crippen molar-refractivity contribution in [2.45, 2.75) is 25.4 Å². The average molecular weight is 262 g/mol. The summed E-state index contributed by atoms with van der Waals surface area (Å²) in [6, 6.07) is -0.0767. The lowest BCUT2D eigenvalue weighted by atomic mass is 10.0. The fourth-order valence-corrected chi connectivity index (χ4v) is 2.24. The number of hydrogen-bond donors (Lipinski definition) is 0. The van der Waals surface area contributed by atoms with Crippen molar-refractivity contribution in [3.8, 4) is 0 Å². The number of ether oxygens (including phenoxy) is 2. The van der Waals surface area contributed by atoms with Crippen LogP contribution < -0.4 is 0 Å². The molecular weight excluding hydrogens is 239 g/mol. The summed E-state index contributed by atoms with van der Waals surface area (Å²) in [4.78, 5) is 15.6. The first kappa shape index (κ1) is 15.2. The van der Waals surface area contributed by atoms with Crippen molar-refractivity contribution >= 4 is 6.03 Å². The Balaban J connectivity index is 2.77. The van der Waals surface area contributed by atoms with Crippen molar-refractivity contribution in [2.75, 3.05) is 47.2 Å². The SMILES string of the molecule is COCCN1C(=O)N(C(C)(CF)COC)CC1C. The molecule has 0 spiro atoms. The fraction of sp³-hybridized carbons (Fsp3) is 0.917. The second-order valence-electron chi connectivity index (χ2n) is 4.99. The Morgan fingerprint density at radius 2 is 2.11 bits per heavy atom. The normalized spacial score (nSPS) is 23.6. The van der Waals surface area contributed by atoms with Crippen molar-refractivity contribution in [1.82, 2.24) is 9.80 Å². The Morgan fingerprint density at radius 1 is 1.44 bits per heavy atom. The maximum atomic E-state index is 13.2. The third kappa shape index (κ3) is 2.92. The molecule has 0 saturated carbocycles. The number of urea groups is 1. The maximum Gasteiger partial charge on any atom is 0.321 e. The highest BCUT2D eigenvalue weighted by atomic mass is 19.1. The van der Waals surface area contributed by atoms with Crippen LogP contribution >= 0.6 is 0 Å². The average Bonchev–Trinajstić information content (AvgIpc) is 2.63. The molecule has 1 aliphatic rings. The lowest BCUT2D eigenvalue weighted by Crippen LogP contribution is -2.53. The zero-order chi connectivity index (χ0) is 13.8. The van der Waals surface area contributed by atoms with Crippen LogP contribution in [-0.2, 0) is 9.47 Å². The molecule has 0 aliphatic carbocycles. The second kappa shape index (κ2) is 6.33. The summed E-state index contributed by atoms with van der Waals surface area (Å²) in [6.07, 6.45) is 0. The molecule has 0 bridgehead atoms. The largest absolute Gasteiger partial charge is 0.383 e. The van der Waals surface area contributed by atoms with Gasteiger partial charge in [0.2, 0.25) is 0 Å². The minimum absolute atomic E-state index is 0.0652. The van der Waals surface area contributed by atoms with Gasteiger partial charge in [-0.1, -0.05) is 0 Å². The van der Waals surface area contributed by atoms with E-state index in [-0.39, 0.29) is 18.7 Å². The van der Waals surface area contributed by atoms with Crippen LogP contribution in [0, 0.1) is 0 Å². The number of alkyl halides is 1. The Morgan fingerprint density at radius 3 is 2.61 bits per heavy atom. The number of hydrogen-bond acceptors (Lipinski definition) is 3. The summed E-state index contributed by atoms with van der Waals surface area (Å²) in [5, 5.41) is 0. The number of methoxy groups -OCH3 is 2. The first-order chi connectivity index (χ1) is 8.50. The lowest BCUT2D eigenvalue weighted by molar-refractivity contribution is 0.0353. The Labute approximate surface area is 108 Å². The Kier molecular flexibility index (Phi) is 5.34. The molecule has 0 aromatic rings. The molecule has 2 amide bonds. The minimum atomic E-state index is -0.887. The minimum Gasteiger partial charge on any atom is -0.383 e. The predicted molar refractivity (Wildman–Crippen MR) is 66.4 cm³/mol. The van der Waals surface area contributed by atoms with Gasteiger partial charge in [0, 0.05) is 33.4 Å². The van der Waals surface area contributed by atoms with E-state index in [0.29, 0.717) is 19.7 Å². The van der Waals surface area contributed by atoms with E-state index >= 15 is 0 Å². The molecule has 18 heavy (non-hydrogen) atoms. The molecule has 2 atom stereocenters. The van der Waals surface area contributed by atoms with Crippen molar-refractivity contribution in [3.05, 3.63) is 0 Å². The van der Waals surface area contributed by atoms with Gasteiger partial charge in [-0.2, -0.15) is 0 Å². The van der Waals surface area contributed by atoms with Gasteiger partial charge in [-0.15, -0.1) is 0 Å². The van der Waals surface area contributed by atoms with E-state index in [2.05, 4.69) is 0 Å². The van der Waals surface area contributed by atoms with Gasteiger partial charge in [0.25, 0.3) is 0 Å². The van der Waals surface area contributed by atoms with E-state index in [4.69, 9.17) is 9.47 Å². The summed E-state index contributed by atoms with van der Waals surface area (Å²) < 4.78 is 23.3. The third-order valence-electron chi connectivity index (χ3n) is 3.39. The topological polar surface area (TPSA) is 42.0 Å². The molecule has 1 rings (SSSR count). The fourth-order valence-electron chi connectivity index (χ4n) is 2.24. The lowest BCUT2D eigenvalue weighted by Gasteiger charge is -2.35. The number of carbonyl (C=O) groups excluding carboxylic acids is 1. The Bertz CT molecular complexity index is 290. The second-order valence-corrected chi connectivity index (χ2v) is 4.99. The number of carbonyl (C=O) groups is 1. The van der Waals surface area contributed by atoms with Gasteiger partial charge < -0.3 is 19.3 Å². The van der Waals surface area contributed by atoms with Crippen molar-refractivity contribution < 1.29 is 18.7 Å². The van der Waals surface area contributed by atoms with Crippen LogP contribution in [0.25, 0.3) is 0 Å². The van der Waals surface area contributed by atoms with Crippen LogP contribution in [0.5, 0.6) is 0 Å². The molecule has 0 aromatic carbocycles. The van der Waals surface area contributed by atoms with Crippen molar-refractivity contribution in [1.29, 1.82) is 0 Å². The molecule has 1 fully saturated rings. The zero-order valence-electron chi connectivity index (χ0n) is 11.6. The van der Waals surface area contributed by atoms with E-state index in [9.17, 15) is 9.18 Å². The standard InChI is InChI=1S/C12H23FN2O3/c1-10-7-15(12(2,8-13)9-18-4)11(16)14(10)5-6-17-3/h10H,5-9H2,1-4H3. The molecule has 2 unspecified atom stereocenters. The van der Waals surface area contributed by atoms with Crippen LogP contribution in [0.3, 0.4) is 0 Å². The van der Waals surface area contributed by atoms with Crippen LogP contribution in [0.15, 0.2) is 0 Å². The zero-order valence-corrected chi connectivity index (χ0v) is 11.6. The number of nitrogens with zero attached hydrogens (tertiary/aromatic N) is 2. The van der Waals surface area contributed by atoms with Gasteiger partial charge >= 0.3 is 6.03 Å². The molecule has 1 saturated heterocycles. The van der Waals surface area contributed by atoms with Crippen LogP contribution in [0.1, 0.15) is 13.8 Å². The van der Waals surface area contributed by atoms with E-state index in [1.54, 1.807) is 23.8 Å². The maximum absolute atomic E-state index is 13.2. The molecule has 6 heteroatoms. The van der Waals surface area contributed by atoms with Gasteiger partial charge in [-0.05, 0) is 13.8 Å². The van der Waals surface area contributed by atoms with Gasteiger partial charge in [-0.25, -0.2) is 9.18 Å². The van der Waals surface area contributed by atoms with Crippen LogP contribution in [0.2, 0.25) is 0 Å². The predicted octanol–water partition coefficient (Wildman–Crippen LogP) is 1.13. The van der Waals surface area contributed by atoms with Crippen LogP contribution in [-0.4, -0.2) is 74.6 Å². The van der Waals surface area contributed by atoms with Gasteiger partial charge in [-0.3, -0.25) is 0 Å². The molecule has 1 aliphatic heterocycles. The first-order valence-corrected chi connectivity index (χ1v) is 6.12. The molecule has 0 radical (unpaired) electrons. The van der Waals surface area contributed by atoms with E-state index < -0.39 is 12.2 Å². The van der Waals surface area contributed by atoms with Crippen molar-refractivity contribution in [3.63, 3.8) is 0 Å². The number of rotatable bonds is 7. The van der Waals surface area contributed by atoms with Gasteiger partial charge in [0.1, 0.15) is 6.67 Å². The summed E-state index contributed by atoms with van der Waals surface area (Å²) in [5.74, 6) is 0. The molecule has 5 nitrogen and oxygen atoms in total. The smallest absolute Gasteiger partial charge is 0.321 e. The highest BCUT2D eigenvalue weighted by Gasteiger charge is 2.44. The first-order valence-electron chi connectivity index (χ1n) is 6.12. The third-order valence-corrected chi connectivity index (χ3v) is 3.39. The Hall–Kier alpha value is -0.880. The molecule has 106 valence electrons. The number of halogens is 1. The van der Waals surface area contributed by atoms with E-state index in [0.717, 1.165) is 0 Å². The number of amides is 2. The molecule has 0 N–H and O–H groups in total. The van der Waals surface area contributed by atoms with Gasteiger partial charge in [0.15, 0.2) is 0 Å². The van der Waals surface area contributed by atoms with Crippen molar-refractivity contribution in [2.24, 2.45) is 0 Å². The van der Waals surface area contributed by atoms with Crippen LogP contribution in [0.4, 0.5) is 9.18 Å². The summed E-state index contributed by atoms with van der Waals surface area (Å²) in [6.45, 7) is 4.78. The van der Waals surface area contributed by atoms with Gasteiger partial charge in [0.05, 0.1) is 18.8 Å². The summed E-state index contributed by atoms with van der Waals surface area (Å²) >= 11 is 0. The van der Waals surface area contributed by atoms with E-state index in [1.165, 1.54) is 7.11 Å². The summed E-state index contributed by atoms with van der Waals surface area (Å²) in [5.41, 5.74) is -0.887. The highest BCUT2D eigenvalue weighted by molar-refractivity contribution is 5.78. The highest BCUT2D eigenvalue weighted by Crippen LogP contribution is 2.25. The molecule has 0 aromatic heterocycles. The molecule has 1 heterocycles. The monoisotopic (exact) mass is 262 g/mol.